The van der Waals surface area contributed by atoms with Crippen LogP contribution in [0.1, 0.15) is 35.7 Å². The minimum Gasteiger partial charge on any atom is -0.393 e. The number of amides is 1. The monoisotopic (exact) mass is 455 g/mol. The third-order valence-electron chi connectivity index (χ3n) is 6.75. The summed E-state index contributed by atoms with van der Waals surface area (Å²) < 4.78 is 1.97. The lowest BCUT2D eigenvalue weighted by molar-refractivity contribution is 0.0966. The van der Waals surface area contributed by atoms with E-state index in [2.05, 4.69) is 37.4 Å². The van der Waals surface area contributed by atoms with Crippen molar-refractivity contribution < 1.29 is 9.90 Å². The number of nitrogens with one attached hydrogen (secondary N) is 2. The molecule has 1 aromatic carbocycles. The number of nitrogens with zero attached hydrogens (tertiary/aromatic N) is 5. The fourth-order valence-electron chi connectivity index (χ4n) is 5.03. The van der Waals surface area contributed by atoms with Crippen molar-refractivity contribution in [3.05, 3.63) is 66.4 Å². The maximum atomic E-state index is 12.8. The van der Waals surface area contributed by atoms with Gasteiger partial charge in [-0.1, -0.05) is 6.07 Å². The van der Waals surface area contributed by atoms with E-state index in [0.717, 1.165) is 53.2 Å². The number of rotatable bonds is 4. The summed E-state index contributed by atoms with van der Waals surface area (Å²) in [5.41, 5.74) is 5.95. The van der Waals surface area contributed by atoms with Gasteiger partial charge in [-0.05, 0) is 43.5 Å². The zero-order valence-electron chi connectivity index (χ0n) is 18.8. The molecule has 2 aliphatic rings. The van der Waals surface area contributed by atoms with Gasteiger partial charge in [0.15, 0.2) is 5.65 Å². The predicted octanol–water partition coefficient (Wildman–Crippen LogP) is 3.13. The van der Waals surface area contributed by atoms with Gasteiger partial charge >= 0.3 is 0 Å². The largest absolute Gasteiger partial charge is 0.393 e. The lowest BCUT2D eigenvalue weighted by Gasteiger charge is -2.37. The van der Waals surface area contributed by atoms with E-state index in [0.29, 0.717) is 17.9 Å². The van der Waals surface area contributed by atoms with Crippen LogP contribution in [0.15, 0.2) is 55.2 Å². The summed E-state index contributed by atoms with van der Waals surface area (Å²) >= 11 is 0. The molecule has 1 fully saturated rings. The quantitative estimate of drug-likeness (QED) is 0.434. The average Bonchev–Trinajstić information content (AvgIpc) is 3.45. The lowest BCUT2D eigenvalue weighted by atomic mass is 9.99. The Kier molecular flexibility index (Phi) is 4.91. The summed E-state index contributed by atoms with van der Waals surface area (Å²) in [6.45, 7) is 3.39. The van der Waals surface area contributed by atoms with Crippen LogP contribution in [0.5, 0.6) is 0 Å². The van der Waals surface area contributed by atoms with E-state index in [4.69, 9.17) is 0 Å². The number of anilines is 3. The van der Waals surface area contributed by atoms with Crippen LogP contribution in [0.4, 0.5) is 17.2 Å². The van der Waals surface area contributed by atoms with Gasteiger partial charge in [0.05, 0.1) is 47.3 Å². The van der Waals surface area contributed by atoms with Crippen LogP contribution < -0.4 is 15.5 Å². The summed E-state index contributed by atoms with van der Waals surface area (Å²) in [5, 5.41) is 16.2. The SMILES string of the molecule is C[C@H]1C[C@@H](O)CCN1c1ccc(Nc2ccc(-c3cnc4cnccn34)c3c2C(=O)NC3)nc1. The number of fused-ring (bicyclic) bond motifs is 2. The third-order valence-corrected chi connectivity index (χ3v) is 6.75. The normalized spacial score (nSPS) is 19.8. The van der Waals surface area contributed by atoms with Crippen molar-refractivity contribution in [3.8, 4) is 11.3 Å². The van der Waals surface area contributed by atoms with Crippen molar-refractivity contribution >= 4 is 28.7 Å². The van der Waals surface area contributed by atoms with Crippen molar-refractivity contribution in [1.29, 1.82) is 0 Å². The smallest absolute Gasteiger partial charge is 0.254 e. The highest BCUT2D eigenvalue weighted by molar-refractivity contribution is 6.06. The van der Waals surface area contributed by atoms with Gasteiger partial charge in [-0.15, -0.1) is 0 Å². The first-order chi connectivity index (χ1) is 16.6. The Bertz CT molecular complexity index is 1380. The van der Waals surface area contributed by atoms with Crippen LogP contribution in [0, 0.1) is 0 Å². The molecule has 2 atom stereocenters. The molecule has 6 rings (SSSR count). The van der Waals surface area contributed by atoms with Crippen LogP contribution in [0.2, 0.25) is 0 Å². The van der Waals surface area contributed by atoms with Gasteiger partial charge in [-0.25, -0.2) is 9.97 Å². The molecular weight excluding hydrogens is 430 g/mol. The van der Waals surface area contributed by atoms with E-state index in [1.54, 1.807) is 12.4 Å². The number of hydrogen-bond donors (Lipinski definition) is 3. The Morgan fingerprint density at radius 3 is 2.88 bits per heavy atom. The van der Waals surface area contributed by atoms with E-state index in [1.807, 2.05) is 47.3 Å². The fourth-order valence-corrected chi connectivity index (χ4v) is 5.03. The average molecular weight is 456 g/mol. The Morgan fingerprint density at radius 1 is 1.15 bits per heavy atom. The van der Waals surface area contributed by atoms with Gasteiger partial charge in [0.2, 0.25) is 0 Å². The molecule has 5 heterocycles. The number of aliphatic hydroxyl groups excluding tert-OH is 1. The molecule has 0 bridgehead atoms. The van der Waals surface area contributed by atoms with Gasteiger partial charge in [0, 0.05) is 37.1 Å². The van der Waals surface area contributed by atoms with Gasteiger partial charge < -0.3 is 20.6 Å². The van der Waals surface area contributed by atoms with E-state index in [1.165, 1.54) is 0 Å². The Labute approximate surface area is 196 Å². The van der Waals surface area contributed by atoms with Crippen LogP contribution in [-0.4, -0.2) is 49.1 Å². The standard InChI is InChI=1S/C25H25N7O2/c1-15-10-17(33)6-8-31(15)16-2-5-22(27-11-16)30-20-4-3-18(19-12-29-25(34)24(19)20)21-13-28-23-14-26-7-9-32(21)23/h2-5,7,9,11,13-15,17,33H,6,8,10,12H2,1H3,(H,27,30)(H,29,34)/t15-,17-/m0/s1. The van der Waals surface area contributed by atoms with E-state index in [9.17, 15) is 9.90 Å². The fraction of sp³-hybridized carbons (Fsp3) is 0.280. The highest BCUT2D eigenvalue weighted by Gasteiger charge is 2.28. The molecule has 2 aliphatic heterocycles. The first-order valence-corrected chi connectivity index (χ1v) is 11.5. The number of carbonyl (C=O) groups excluding carboxylic acids is 1. The van der Waals surface area contributed by atoms with Crippen molar-refractivity contribution in [2.75, 3.05) is 16.8 Å². The predicted molar refractivity (Wildman–Crippen MR) is 129 cm³/mol. The zero-order chi connectivity index (χ0) is 23.2. The van der Waals surface area contributed by atoms with Gasteiger partial charge in [0.25, 0.3) is 5.91 Å². The molecule has 0 spiro atoms. The molecule has 34 heavy (non-hydrogen) atoms. The molecular formula is C25H25N7O2. The lowest BCUT2D eigenvalue weighted by Crippen LogP contribution is -2.42. The zero-order valence-corrected chi connectivity index (χ0v) is 18.8. The van der Waals surface area contributed by atoms with Crippen LogP contribution in [0.25, 0.3) is 16.9 Å². The molecule has 4 aromatic rings. The molecule has 3 N–H and O–H groups in total. The molecule has 0 unspecified atom stereocenters. The molecule has 0 saturated carbocycles. The number of pyridine rings is 1. The maximum absolute atomic E-state index is 12.8. The number of imidazole rings is 1. The van der Waals surface area contributed by atoms with Gasteiger partial charge in [-0.2, -0.15) is 0 Å². The molecule has 172 valence electrons. The summed E-state index contributed by atoms with van der Waals surface area (Å²) in [4.78, 5) is 28.2. The summed E-state index contributed by atoms with van der Waals surface area (Å²) in [6.07, 6.45) is 10.3. The minimum atomic E-state index is -0.228. The molecule has 9 heteroatoms. The molecule has 3 aromatic heterocycles. The second kappa shape index (κ2) is 8.11. The van der Waals surface area contributed by atoms with E-state index in [-0.39, 0.29) is 18.1 Å². The topological polar surface area (TPSA) is 108 Å². The molecule has 1 saturated heterocycles. The number of carbonyl (C=O) groups is 1. The first kappa shape index (κ1) is 20.6. The Balaban J connectivity index is 1.30. The summed E-state index contributed by atoms with van der Waals surface area (Å²) in [7, 11) is 0. The van der Waals surface area contributed by atoms with Crippen LogP contribution >= 0.6 is 0 Å². The molecule has 9 nitrogen and oxygen atoms in total. The van der Waals surface area contributed by atoms with E-state index >= 15 is 0 Å². The Hall–Kier alpha value is -3.98. The van der Waals surface area contributed by atoms with Crippen molar-refractivity contribution in [1.82, 2.24) is 24.7 Å². The summed E-state index contributed by atoms with van der Waals surface area (Å²) in [5.74, 6) is 0.566. The number of aromatic nitrogens is 4. The Morgan fingerprint density at radius 2 is 2.06 bits per heavy atom. The second-order valence-corrected chi connectivity index (χ2v) is 8.89. The van der Waals surface area contributed by atoms with E-state index < -0.39 is 0 Å². The third kappa shape index (κ3) is 3.45. The van der Waals surface area contributed by atoms with Crippen molar-refractivity contribution in [2.45, 2.75) is 38.5 Å². The van der Waals surface area contributed by atoms with Crippen LogP contribution in [0.3, 0.4) is 0 Å². The number of piperidine rings is 1. The highest BCUT2D eigenvalue weighted by atomic mass is 16.3. The van der Waals surface area contributed by atoms with Crippen LogP contribution in [-0.2, 0) is 6.54 Å². The number of aliphatic hydroxyl groups is 1. The van der Waals surface area contributed by atoms with Crippen molar-refractivity contribution in [3.63, 3.8) is 0 Å². The number of benzene rings is 1. The minimum absolute atomic E-state index is 0.104. The van der Waals surface area contributed by atoms with Gasteiger partial charge in [0.1, 0.15) is 5.82 Å². The van der Waals surface area contributed by atoms with Crippen molar-refractivity contribution in [2.24, 2.45) is 0 Å². The molecule has 0 radical (unpaired) electrons. The number of hydrogen-bond acceptors (Lipinski definition) is 7. The maximum Gasteiger partial charge on any atom is 0.254 e. The van der Waals surface area contributed by atoms with Gasteiger partial charge in [-0.3, -0.25) is 14.2 Å². The highest BCUT2D eigenvalue weighted by Crippen LogP contribution is 2.35. The first-order valence-electron chi connectivity index (χ1n) is 11.5. The molecule has 0 aliphatic carbocycles. The second-order valence-electron chi connectivity index (χ2n) is 8.89. The summed E-state index contributed by atoms with van der Waals surface area (Å²) in [6, 6.07) is 8.16. The molecule has 1 amide bonds.